The lowest BCUT2D eigenvalue weighted by atomic mass is 9.95. The lowest BCUT2D eigenvalue weighted by molar-refractivity contribution is 0.137. The first-order chi connectivity index (χ1) is 10.0. The number of hydrogen-bond acceptors (Lipinski definition) is 4. The lowest BCUT2D eigenvalue weighted by Gasteiger charge is -2.35. The Kier molecular flexibility index (Phi) is 8.79. The summed E-state index contributed by atoms with van der Waals surface area (Å²) in [6.07, 6.45) is 7.24. The minimum atomic E-state index is -0.0894. The van der Waals surface area contributed by atoms with Gasteiger partial charge in [-0.25, -0.2) is 0 Å². The number of likely N-dealkylation sites (tertiary alicyclic amines) is 1. The molecule has 0 amide bonds. The van der Waals surface area contributed by atoms with Crippen molar-refractivity contribution in [2.24, 2.45) is 0 Å². The van der Waals surface area contributed by atoms with Crippen LogP contribution in [0.2, 0.25) is 0 Å². The van der Waals surface area contributed by atoms with Gasteiger partial charge in [-0.2, -0.15) is 0 Å². The van der Waals surface area contributed by atoms with E-state index in [9.17, 15) is 5.11 Å². The molecule has 0 aliphatic carbocycles. The normalized spacial score (nSPS) is 20.9. The average Bonchev–Trinajstić information content (AvgIpc) is 2.50. The Hall–Kier alpha value is -0.160. The van der Waals surface area contributed by atoms with E-state index in [-0.39, 0.29) is 12.1 Å². The molecule has 1 saturated heterocycles. The van der Waals surface area contributed by atoms with E-state index < -0.39 is 0 Å². The number of rotatable bonds is 10. The average molecular weight is 300 g/mol. The van der Waals surface area contributed by atoms with Gasteiger partial charge in [-0.15, -0.1) is 0 Å². The van der Waals surface area contributed by atoms with E-state index in [2.05, 4.69) is 43.1 Å². The van der Waals surface area contributed by atoms with E-state index in [0.29, 0.717) is 0 Å². The Morgan fingerprint density at radius 1 is 1.24 bits per heavy atom. The molecule has 0 radical (unpaired) electrons. The van der Waals surface area contributed by atoms with Crippen LogP contribution in [0.4, 0.5) is 0 Å². The van der Waals surface area contributed by atoms with Crippen LogP contribution < -0.4 is 5.32 Å². The molecule has 1 aliphatic heterocycles. The molecule has 1 aliphatic rings. The zero-order valence-corrected chi connectivity index (χ0v) is 14.7. The first-order valence-electron chi connectivity index (χ1n) is 8.75. The third kappa shape index (κ3) is 7.09. The number of aliphatic hydroxyl groups excluding tert-OH is 1. The summed E-state index contributed by atoms with van der Waals surface area (Å²) in [6, 6.07) is 0.775. The molecule has 4 nitrogen and oxygen atoms in total. The molecular formula is C17H37N3O. The van der Waals surface area contributed by atoms with E-state index in [1.165, 1.54) is 45.3 Å². The molecule has 0 spiro atoms. The van der Waals surface area contributed by atoms with E-state index in [1.54, 1.807) is 0 Å². The third-order valence-electron chi connectivity index (χ3n) is 4.89. The molecule has 0 aromatic rings. The molecule has 1 rings (SSSR count). The van der Waals surface area contributed by atoms with Gasteiger partial charge in [-0.3, -0.25) is 0 Å². The van der Waals surface area contributed by atoms with Crippen molar-refractivity contribution in [1.82, 2.24) is 15.1 Å². The van der Waals surface area contributed by atoms with Crippen LogP contribution in [-0.2, 0) is 0 Å². The van der Waals surface area contributed by atoms with Crippen LogP contribution in [0.3, 0.4) is 0 Å². The second-order valence-electron chi connectivity index (χ2n) is 7.14. The molecule has 1 heterocycles. The standard InChI is InChI=1S/C17H37N3O/c1-5-11-18-17(2,15-21)10-6-7-12-20-13-8-16(9-14-20)19(3)4/h16,18,21H,5-15H2,1-4H3. The maximum Gasteiger partial charge on any atom is 0.0610 e. The predicted octanol–water partition coefficient (Wildman–Crippen LogP) is 1.93. The summed E-state index contributed by atoms with van der Waals surface area (Å²) in [4.78, 5) is 4.97. The second kappa shape index (κ2) is 9.78. The van der Waals surface area contributed by atoms with Crippen molar-refractivity contribution in [3.05, 3.63) is 0 Å². The third-order valence-corrected chi connectivity index (χ3v) is 4.89. The second-order valence-corrected chi connectivity index (χ2v) is 7.14. The van der Waals surface area contributed by atoms with Gasteiger partial charge in [0, 0.05) is 11.6 Å². The topological polar surface area (TPSA) is 38.7 Å². The zero-order chi connectivity index (χ0) is 15.7. The highest BCUT2D eigenvalue weighted by atomic mass is 16.3. The molecular weight excluding hydrogens is 262 g/mol. The molecule has 126 valence electrons. The smallest absolute Gasteiger partial charge is 0.0610 e. The predicted molar refractivity (Wildman–Crippen MR) is 90.8 cm³/mol. The molecule has 0 aromatic carbocycles. The van der Waals surface area contributed by atoms with Gasteiger partial charge in [-0.1, -0.05) is 13.3 Å². The Bertz CT molecular complexity index is 265. The van der Waals surface area contributed by atoms with Gasteiger partial charge < -0.3 is 20.2 Å². The first kappa shape index (κ1) is 18.9. The molecule has 4 heteroatoms. The van der Waals surface area contributed by atoms with Crippen molar-refractivity contribution in [3.8, 4) is 0 Å². The molecule has 21 heavy (non-hydrogen) atoms. The van der Waals surface area contributed by atoms with Crippen molar-refractivity contribution in [1.29, 1.82) is 0 Å². The fourth-order valence-corrected chi connectivity index (χ4v) is 3.16. The maximum atomic E-state index is 9.56. The van der Waals surface area contributed by atoms with Gasteiger partial charge in [0.05, 0.1) is 6.61 Å². The van der Waals surface area contributed by atoms with Gasteiger partial charge in [0.25, 0.3) is 0 Å². The lowest BCUT2D eigenvalue weighted by Crippen LogP contribution is -2.46. The Morgan fingerprint density at radius 2 is 1.90 bits per heavy atom. The number of unbranched alkanes of at least 4 members (excludes halogenated alkanes) is 1. The Morgan fingerprint density at radius 3 is 2.43 bits per heavy atom. The van der Waals surface area contributed by atoms with Crippen molar-refractivity contribution in [2.75, 3.05) is 46.9 Å². The van der Waals surface area contributed by atoms with Crippen LogP contribution in [0.5, 0.6) is 0 Å². The summed E-state index contributed by atoms with van der Waals surface area (Å²) in [7, 11) is 4.39. The first-order valence-corrected chi connectivity index (χ1v) is 8.75. The van der Waals surface area contributed by atoms with Gasteiger partial charge in [0.1, 0.15) is 0 Å². The molecule has 0 aromatic heterocycles. The van der Waals surface area contributed by atoms with Crippen molar-refractivity contribution < 1.29 is 5.11 Å². The number of nitrogens with zero attached hydrogens (tertiary/aromatic N) is 2. The van der Waals surface area contributed by atoms with Crippen LogP contribution in [0.15, 0.2) is 0 Å². The highest BCUT2D eigenvalue weighted by molar-refractivity contribution is 4.82. The van der Waals surface area contributed by atoms with Gasteiger partial charge >= 0.3 is 0 Å². The van der Waals surface area contributed by atoms with E-state index in [4.69, 9.17) is 0 Å². The monoisotopic (exact) mass is 299 g/mol. The SMILES string of the molecule is CCCNC(C)(CO)CCCCN1CCC(N(C)C)CC1. The molecule has 0 saturated carbocycles. The highest BCUT2D eigenvalue weighted by Crippen LogP contribution is 2.17. The number of hydrogen-bond donors (Lipinski definition) is 2. The van der Waals surface area contributed by atoms with Gasteiger partial charge in [-0.05, 0) is 79.3 Å². The molecule has 1 unspecified atom stereocenters. The van der Waals surface area contributed by atoms with Crippen LogP contribution in [-0.4, -0.2) is 73.4 Å². The molecule has 0 bridgehead atoms. The Labute approximate surface area is 131 Å². The van der Waals surface area contributed by atoms with Crippen molar-refractivity contribution in [3.63, 3.8) is 0 Å². The van der Waals surface area contributed by atoms with Crippen LogP contribution in [0.1, 0.15) is 52.4 Å². The largest absolute Gasteiger partial charge is 0.394 e. The number of nitrogens with one attached hydrogen (secondary N) is 1. The quantitative estimate of drug-likeness (QED) is 0.605. The number of piperidine rings is 1. The van der Waals surface area contributed by atoms with E-state index in [0.717, 1.165) is 25.4 Å². The van der Waals surface area contributed by atoms with Crippen LogP contribution in [0.25, 0.3) is 0 Å². The molecule has 1 atom stereocenters. The Balaban J connectivity index is 2.14. The van der Waals surface area contributed by atoms with Crippen LogP contribution in [0, 0.1) is 0 Å². The fraction of sp³-hybridized carbons (Fsp3) is 1.00. The minimum absolute atomic E-state index is 0.0894. The minimum Gasteiger partial charge on any atom is -0.394 e. The van der Waals surface area contributed by atoms with Gasteiger partial charge in [0.15, 0.2) is 0 Å². The summed E-state index contributed by atoms with van der Waals surface area (Å²) < 4.78 is 0. The van der Waals surface area contributed by atoms with Crippen molar-refractivity contribution >= 4 is 0 Å². The zero-order valence-electron chi connectivity index (χ0n) is 14.7. The summed E-state index contributed by atoms with van der Waals surface area (Å²) >= 11 is 0. The summed E-state index contributed by atoms with van der Waals surface area (Å²) in [5, 5.41) is 13.0. The molecule has 2 N–H and O–H groups in total. The maximum absolute atomic E-state index is 9.56. The highest BCUT2D eigenvalue weighted by Gasteiger charge is 2.22. The fourth-order valence-electron chi connectivity index (χ4n) is 3.16. The van der Waals surface area contributed by atoms with Crippen molar-refractivity contribution in [2.45, 2.75) is 64.0 Å². The number of aliphatic hydroxyl groups is 1. The molecule has 1 fully saturated rings. The van der Waals surface area contributed by atoms with E-state index in [1.807, 2.05) is 0 Å². The summed E-state index contributed by atoms with van der Waals surface area (Å²) in [6.45, 7) is 9.25. The summed E-state index contributed by atoms with van der Waals surface area (Å²) in [5.74, 6) is 0. The van der Waals surface area contributed by atoms with E-state index >= 15 is 0 Å². The van der Waals surface area contributed by atoms with Crippen LogP contribution >= 0.6 is 0 Å². The summed E-state index contributed by atoms with van der Waals surface area (Å²) in [5.41, 5.74) is -0.0894. The van der Waals surface area contributed by atoms with Gasteiger partial charge in [0.2, 0.25) is 0 Å².